The standard InChI is InChI=1S/C10H10N2O5/c1-4-3-6(5(2)17-4)10(16)7(13)11-9(15)12-8(10)14/h3,16H,1-2H3,(H2,11,12,13,14,15). The molecular weight excluding hydrogens is 228 g/mol. The van der Waals surface area contributed by atoms with Gasteiger partial charge in [0.05, 0.1) is 0 Å². The average molecular weight is 238 g/mol. The van der Waals surface area contributed by atoms with E-state index in [1.165, 1.54) is 13.0 Å². The summed E-state index contributed by atoms with van der Waals surface area (Å²) < 4.78 is 5.15. The molecule has 4 amide bonds. The van der Waals surface area contributed by atoms with Crippen LogP contribution < -0.4 is 10.6 Å². The van der Waals surface area contributed by atoms with Crippen LogP contribution in [0.15, 0.2) is 10.5 Å². The van der Waals surface area contributed by atoms with Crippen LogP contribution in [0.1, 0.15) is 17.1 Å². The van der Waals surface area contributed by atoms with Gasteiger partial charge in [-0.2, -0.15) is 0 Å². The molecule has 1 aromatic heterocycles. The molecule has 17 heavy (non-hydrogen) atoms. The molecule has 3 N–H and O–H groups in total. The number of aryl methyl sites for hydroxylation is 2. The number of hydrogen-bond acceptors (Lipinski definition) is 5. The first-order valence-corrected chi connectivity index (χ1v) is 4.82. The Bertz CT molecular complexity index is 511. The number of imide groups is 2. The van der Waals surface area contributed by atoms with E-state index in [2.05, 4.69) is 0 Å². The Hall–Kier alpha value is -2.15. The SMILES string of the molecule is Cc1cc(C2(O)C(=O)NC(=O)NC2=O)c(C)o1. The van der Waals surface area contributed by atoms with Crippen molar-refractivity contribution in [1.82, 2.24) is 10.6 Å². The molecule has 1 aromatic rings. The molecule has 0 atom stereocenters. The molecule has 2 rings (SSSR count). The van der Waals surface area contributed by atoms with E-state index in [1.807, 2.05) is 10.6 Å². The highest BCUT2D eigenvalue weighted by molar-refractivity contribution is 6.21. The third-order valence-corrected chi connectivity index (χ3v) is 2.54. The fourth-order valence-corrected chi connectivity index (χ4v) is 1.76. The lowest BCUT2D eigenvalue weighted by Gasteiger charge is -2.28. The highest BCUT2D eigenvalue weighted by Gasteiger charge is 2.52. The minimum atomic E-state index is -2.43. The van der Waals surface area contributed by atoms with Crippen LogP contribution in [0.25, 0.3) is 0 Å². The van der Waals surface area contributed by atoms with Gasteiger partial charge in [-0.05, 0) is 19.9 Å². The Morgan fingerprint density at radius 2 is 1.71 bits per heavy atom. The van der Waals surface area contributed by atoms with Crippen LogP contribution >= 0.6 is 0 Å². The zero-order chi connectivity index (χ0) is 12.8. The number of carbonyl (C=O) groups excluding carboxylic acids is 3. The van der Waals surface area contributed by atoms with Crippen LogP contribution in [0.5, 0.6) is 0 Å². The number of carbonyl (C=O) groups is 3. The van der Waals surface area contributed by atoms with Crippen LogP contribution in [0, 0.1) is 13.8 Å². The number of amides is 4. The summed E-state index contributed by atoms with van der Waals surface area (Å²) in [6.07, 6.45) is 0. The van der Waals surface area contributed by atoms with Crippen molar-refractivity contribution < 1.29 is 23.9 Å². The van der Waals surface area contributed by atoms with E-state index in [0.29, 0.717) is 5.76 Å². The lowest BCUT2D eigenvalue weighted by Crippen LogP contribution is -2.64. The Balaban J connectivity index is 2.55. The Kier molecular flexibility index (Phi) is 2.28. The van der Waals surface area contributed by atoms with Crippen LogP contribution in [-0.2, 0) is 15.2 Å². The summed E-state index contributed by atoms with van der Waals surface area (Å²) in [5.74, 6) is -1.49. The minimum absolute atomic E-state index is 0.0255. The zero-order valence-electron chi connectivity index (χ0n) is 9.16. The van der Waals surface area contributed by atoms with Crippen molar-refractivity contribution in [3.63, 3.8) is 0 Å². The van der Waals surface area contributed by atoms with E-state index < -0.39 is 23.4 Å². The van der Waals surface area contributed by atoms with Gasteiger partial charge in [0.25, 0.3) is 17.4 Å². The van der Waals surface area contributed by atoms with Crippen LogP contribution in [0.2, 0.25) is 0 Å². The number of barbiturate groups is 1. The fourth-order valence-electron chi connectivity index (χ4n) is 1.76. The Morgan fingerprint density at radius 3 is 2.12 bits per heavy atom. The average Bonchev–Trinajstić information content (AvgIpc) is 2.54. The van der Waals surface area contributed by atoms with Gasteiger partial charge in [0.1, 0.15) is 11.5 Å². The smallest absolute Gasteiger partial charge is 0.328 e. The van der Waals surface area contributed by atoms with Crippen LogP contribution in [-0.4, -0.2) is 23.0 Å². The van der Waals surface area contributed by atoms with E-state index in [4.69, 9.17) is 4.42 Å². The molecule has 1 saturated heterocycles. The maximum absolute atomic E-state index is 11.6. The molecule has 0 aromatic carbocycles. The second-order valence-electron chi connectivity index (χ2n) is 3.77. The molecule has 0 aliphatic carbocycles. The number of aliphatic hydroxyl groups is 1. The van der Waals surface area contributed by atoms with Gasteiger partial charge in [0.15, 0.2) is 0 Å². The lowest BCUT2D eigenvalue weighted by atomic mass is 9.90. The predicted molar refractivity (Wildman–Crippen MR) is 53.8 cm³/mol. The van der Waals surface area contributed by atoms with Gasteiger partial charge in [-0.3, -0.25) is 20.2 Å². The number of furan rings is 1. The third kappa shape index (κ3) is 1.51. The number of hydrogen-bond donors (Lipinski definition) is 3. The molecule has 7 heteroatoms. The van der Waals surface area contributed by atoms with Crippen LogP contribution in [0.3, 0.4) is 0 Å². The predicted octanol–water partition coefficient (Wildman–Crippen LogP) is -0.550. The van der Waals surface area contributed by atoms with E-state index in [-0.39, 0.29) is 11.3 Å². The largest absolute Gasteiger partial charge is 0.466 e. The highest BCUT2D eigenvalue weighted by Crippen LogP contribution is 2.29. The molecule has 0 saturated carbocycles. The summed E-state index contributed by atoms with van der Waals surface area (Å²) in [4.78, 5) is 34.1. The zero-order valence-corrected chi connectivity index (χ0v) is 9.16. The van der Waals surface area contributed by atoms with Crippen molar-refractivity contribution in [2.45, 2.75) is 19.4 Å². The molecule has 2 heterocycles. The summed E-state index contributed by atoms with van der Waals surface area (Å²) in [5.41, 5.74) is -2.41. The first-order valence-electron chi connectivity index (χ1n) is 4.82. The number of urea groups is 1. The van der Waals surface area contributed by atoms with E-state index >= 15 is 0 Å². The molecule has 0 spiro atoms. The molecule has 7 nitrogen and oxygen atoms in total. The van der Waals surface area contributed by atoms with Gasteiger partial charge in [-0.15, -0.1) is 0 Å². The van der Waals surface area contributed by atoms with Crippen molar-refractivity contribution in [3.8, 4) is 0 Å². The van der Waals surface area contributed by atoms with E-state index in [9.17, 15) is 19.5 Å². The quantitative estimate of drug-likeness (QED) is 0.569. The summed E-state index contributed by atoms with van der Waals surface area (Å²) >= 11 is 0. The van der Waals surface area contributed by atoms with Gasteiger partial charge in [-0.1, -0.05) is 0 Å². The number of rotatable bonds is 1. The first kappa shape index (κ1) is 11.3. The second-order valence-corrected chi connectivity index (χ2v) is 3.77. The van der Waals surface area contributed by atoms with Gasteiger partial charge in [0.2, 0.25) is 0 Å². The van der Waals surface area contributed by atoms with E-state index in [1.54, 1.807) is 6.92 Å². The van der Waals surface area contributed by atoms with Gasteiger partial charge < -0.3 is 9.52 Å². The monoisotopic (exact) mass is 238 g/mol. The van der Waals surface area contributed by atoms with Crippen molar-refractivity contribution in [2.75, 3.05) is 0 Å². The summed E-state index contributed by atoms with van der Waals surface area (Å²) in [6.45, 7) is 3.13. The molecule has 0 unspecified atom stereocenters. The highest BCUT2D eigenvalue weighted by atomic mass is 16.4. The van der Waals surface area contributed by atoms with Crippen molar-refractivity contribution in [2.24, 2.45) is 0 Å². The molecule has 1 fully saturated rings. The maximum atomic E-state index is 11.6. The van der Waals surface area contributed by atoms with Gasteiger partial charge >= 0.3 is 6.03 Å². The molecule has 0 bridgehead atoms. The topological polar surface area (TPSA) is 109 Å². The normalized spacial score (nSPS) is 18.9. The first-order chi connectivity index (χ1) is 7.85. The molecule has 0 radical (unpaired) electrons. The second kappa shape index (κ2) is 3.42. The maximum Gasteiger partial charge on any atom is 0.328 e. The molecule has 1 aliphatic rings. The van der Waals surface area contributed by atoms with E-state index in [0.717, 1.165) is 0 Å². The lowest BCUT2D eigenvalue weighted by molar-refractivity contribution is -0.155. The Labute approximate surface area is 95.8 Å². The van der Waals surface area contributed by atoms with Gasteiger partial charge in [0, 0.05) is 5.56 Å². The third-order valence-electron chi connectivity index (χ3n) is 2.54. The van der Waals surface area contributed by atoms with Crippen LogP contribution in [0.4, 0.5) is 4.79 Å². The van der Waals surface area contributed by atoms with Crippen molar-refractivity contribution >= 4 is 17.8 Å². The summed E-state index contributed by atoms with van der Waals surface area (Å²) in [7, 11) is 0. The molecule has 1 aliphatic heterocycles. The van der Waals surface area contributed by atoms with Crippen molar-refractivity contribution in [1.29, 1.82) is 0 Å². The summed E-state index contributed by atoms with van der Waals surface area (Å²) in [5, 5.41) is 13.8. The molecule has 90 valence electrons. The summed E-state index contributed by atoms with van der Waals surface area (Å²) in [6, 6.07) is 0.423. The fraction of sp³-hybridized carbons (Fsp3) is 0.300. The van der Waals surface area contributed by atoms with Crippen molar-refractivity contribution in [3.05, 3.63) is 23.2 Å². The Morgan fingerprint density at radius 1 is 1.18 bits per heavy atom. The molecular formula is C10H10N2O5. The van der Waals surface area contributed by atoms with Gasteiger partial charge in [-0.25, -0.2) is 4.79 Å². The number of nitrogens with one attached hydrogen (secondary N) is 2. The minimum Gasteiger partial charge on any atom is -0.466 e.